The second kappa shape index (κ2) is 7.75. The minimum Gasteiger partial charge on any atom is -0.352 e. The van der Waals surface area contributed by atoms with Crippen LogP contribution in [0, 0.1) is 5.92 Å². The number of hydrogen-bond acceptors (Lipinski definition) is 4. The fourth-order valence-corrected chi connectivity index (χ4v) is 3.24. The molecule has 6 heteroatoms. The van der Waals surface area contributed by atoms with E-state index in [-0.39, 0.29) is 5.91 Å². The Morgan fingerprint density at radius 3 is 2.88 bits per heavy atom. The molecule has 1 fully saturated rings. The molecule has 1 amide bonds. The van der Waals surface area contributed by atoms with E-state index in [0.717, 1.165) is 36.5 Å². The van der Waals surface area contributed by atoms with Gasteiger partial charge in [0, 0.05) is 18.7 Å². The van der Waals surface area contributed by atoms with Crippen molar-refractivity contribution in [2.24, 2.45) is 5.92 Å². The number of nitrogens with one attached hydrogen (secondary N) is 1. The molecule has 0 saturated carbocycles. The number of rotatable bonds is 6. The monoisotopic (exact) mass is 329 g/mol. The average Bonchev–Trinajstić information content (AvgIpc) is 3.02. The highest BCUT2D eigenvalue weighted by Crippen LogP contribution is 2.16. The number of carbonyl (C=O) groups is 1. The average molecular weight is 329 g/mol. The van der Waals surface area contributed by atoms with Crippen molar-refractivity contribution in [1.29, 1.82) is 0 Å². The van der Waals surface area contributed by atoms with E-state index in [1.54, 1.807) is 0 Å². The van der Waals surface area contributed by atoms with Gasteiger partial charge in [0.15, 0.2) is 0 Å². The second-order valence-corrected chi connectivity index (χ2v) is 6.74. The van der Waals surface area contributed by atoms with E-state index in [2.05, 4.69) is 27.5 Å². The molecule has 0 spiro atoms. The largest absolute Gasteiger partial charge is 0.352 e. The molecule has 0 bridgehead atoms. The molecular formula is C18H27N5O. The fourth-order valence-electron chi connectivity index (χ4n) is 3.24. The van der Waals surface area contributed by atoms with Gasteiger partial charge in [0.05, 0.1) is 5.52 Å². The van der Waals surface area contributed by atoms with Crippen LogP contribution >= 0.6 is 0 Å². The Balaban J connectivity index is 1.46. The van der Waals surface area contributed by atoms with Crippen LogP contribution in [0.4, 0.5) is 0 Å². The molecule has 1 saturated heterocycles. The van der Waals surface area contributed by atoms with Crippen molar-refractivity contribution in [1.82, 2.24) is 25.2 Å². The number of aryl methyl sites for hydroxylation is 1. The summed E-state index contributed by atoms with van der Waals surface area (Å²) in [5.41, 5.74) is 2.39. The fraction of sp³-hybridized carbons (Fsp3) is 0.611. The highest BCUT2D eigenvalue weighted by Gasteiger charge is 2.15. The van der Waals surface area contributed by atoms with Gasteiger partial charge in [-0.15, -0.1) is 5.10 Å². The van der Waals surface area contributed by atoms with E-state index in [4.69, 9.17) is 0 Å². The molecular weight excluding hydrogens is 302 g/mol. The van der Waals surface area contributed by atoms with E-state index >= 15 is 0 Å². The predicted octanol–water partition coefficient (Wildman–Crippen LogP) is 2.30. The van der Waals surface area contributed by atoms with Crippen LogP contribution in [0.2, 0.25) is 0 Å². The third-order valence-electron chi connectivity index (χ3n) is 4.89. The molecule has 1 aliphatic rings. The summed E-state index contributed by atoms with van der Waals surface area (Å²) in [6.45, 7) is 9.29. The molecule has 1 N–H and O–H groups in total. The lowest BCUT2D eigenvalue weighted by molar-refractivity contribution is 0.0950. The molecule has 2 aromatic rings. The number of likely N-dealkylation sites (tertiary alicyclic amines) is 1. The van der Waals surface area contributed by atoms with Crippen LogP contribution in [0.15, 0.2) is 18.2 Å². The van der Waals surface area contributed by atoms with Gasteiger partial charge in [-0.2, -0.15) is 0 Å². The summed E-state index contributed by atoms with van der Waals surface area (Å²) in [7, 11) is 0. The zero-order chi connectivity index (χ0) is 16.9. The summed E-state index contributed by atoms with van der Waals surface area (Å²) >= 11 is 0. The SMILES string of the molecule is CCn1nnc2cc(C(=O)NCCCN3CCC(C)CC3)ccc21. The van der Waals surface area contributed by atoms with Crippen LogP contribution in [0.1, 0.15) is 43.5 Å². The van der Waals surface area contributed by atoms with Crippen molar-refractivity contribution in [2.75, 3.05) is 26.2 Å². The molecule has 1 aromatic carbocycles. The quantitative estimate of drug-likeness (QED) is 0.826. The van der Waals surface area contributed by atoms with E-state index in [0.29, 0.717) is 12.1 Å². The Morgan fingerprint density at radius 1 is 1.33 bits per heavy atom. The Bertz CT molecular complexity index is 688. The van der Waals surface area contributed by atoms with Gasteiger partial charge < -0.3 is 10.2 Å². The van der Waals surface area contributed by atoms with Gasteiger partial charge in [-0.05, 0) is 69.9 Å². The molecule has 0 atom stereocenters. The van der Waals surface area contributed by atoms with Crippen LogP contribution < -0.4 is 5.32 Å². The van der Waals surface area contributed by atoms with Gasteiger partial charge in [0.2, 0.25) is 0 Å². The normalized spacial score (nSPS) is 16.6. The molecule has 2 heterocycles. The minimum atomic E-state index is -0.0322. The van der Waals surface area contributed by atoms with Crippen molar-refractivity contribution in [3.05, 3.63) is 23.8 Å². The minimum absolute atomic E-state index is 0.0322. The maximum Gasteiger partial charge on any atom is 0.251 e. The van der Waals surface area contributed by atoms with Crippen LogP contribution in [0.3, 0.4) is 0 Å². The molecule has 130 valence electrons. The number of benzene rings is 1. The first-order chi connectivity index (χ1) is 11.7. The molecule has 24 heavy (non-hydrogen) atoms. The van der Waals surface area contributed by atoms with Crippen molar-refractivity contribution >= 4 is 16.9 Å². The summed E-state index contributed by atoms with van der Waals surface area (Å²) in [5, 5.41) is 11.2. The lowest BCUT2D eigenvalue weighted by Gasteiger charge is -2.30. The zero-order valence-corrected chi connectivity index (χ0v) is 14.7. The van der Waals surface area contributed by atoms with E-state index in [1.165, 1.54) is 25.9 Å². The smallest absolute Gasteiger partial charge is 0.251 e. The summed E-state index contributed by atoms with van der Waals surface area (Å²) in [6, 6.07) is 5.58. The first-order valence-corrected chi connectivity index (χ1v) is 9.01. The highest BCUT2D eigenvalue weighted by atomic mass is 16.1. The number of amides is 1. The molecule has 0 unspecified atom stereocenters. The Hall–Kier alpha value is -1.95. The van der Waals surface area contributed by atoms with Crippen LogP contribution in [-0.4, -0.2) is 52.0 Å². The van der Waals surface area contributed by atoms with Gasteiger partial charge in [0.1, 0.15) is 5.52 Å². The third kappa shape index (κ3) is 3.93. The van der Waals surface area contributed by atoms with E-state index in [1.807, 2.05) is 29.8 Å². The zero-order valence-electron chi connectivity index (χ0n) is 14.7. The third-order valence-corrected chi connectivity index (χ3v) is 4.89. The topological polar surface area (TPSA) is 63.1 Å². The number of carbonyl (C=O) groups excluding carboxylic acids is 1. The van der Waals surface area contributed by atoms with E-state index < -0.39 is 0 Å². The van der Waals surface area contributed by atoms with Crippen molar-refractivity contribution in [3.8, 4) is 0 Å². The first-order valence-electron chi connectivity index (χ1n) is 9.01. The van der Waals surface area contributed by atoms with Crippen LogP contribution in [0.25, 0.3) is 11.0 Å². The van der Waals surface area contributed by atoms with Gasteiger partial charge in [-0.3, -0.25) is 4.79 Å². The second-order valence-electron chi connectivity index (χ2n) is 6.74. The maximum atomic E-state index is 12.3. The summed E-state index contributed by atoms with van der Waals surface area (Å²) in [6.07, 6.45) is 3.59. The predicted molar refractivity (Wildman–Crippen MR) is 95.0 cm³/mol. The lowest BCUT2D eigenvalue weighted by atomic mass is 9.99. The van der Waals surface area contributed by atoms with Gasteiger partial charge in [-0.25, -0.2) is 4.68 Å². The maximum absolute atomic E-state index is 12.3. The van der Waals surface area contributed by atoms with Crippen LogP contribution in [0.5, 0.6) is 0 Å². The van der Waals surface area contributed by atoms with Crippen molar-refractivity contribution in [2.45, 2.75) is 39.7 Å². The first kappa shape index (κ1) is 16.9. The summed E-state index contributed by atoms with van der Waals surface area (Å²) < 4.78 is 1.83. The van der Waals surface area contributed by atoms with Crippen LogP contribution in [-0.2, 0) is 6.54 Å². The Labute approximate surface area is 143 Å². The number of hydrogen-bond donors (Lipinski definition) is 1. The Kier molecular flexibility index (Phi) is 5.45. The molecule has 0 radical (unpaired) electrons. The standard InChI is InChI=1S/C18H27N5O/c1-3-23-17-6-5-15(13-16(17)20-21-23)18(24)19-9-4-10-22-11-7-14(2)8-12-22/h5-6,13-14H,3-4,7-12H2,1-2H3,(H,19,24). The van der Waals surface area contributed by atoms with E-state index in [9.17, 15) is 4.79 Å². The number of piperidine rings is 1. The Morgan fingerprint density at radius 2 is 2.12 bits per heavy atom. The van der Waals surface area contributed by atoms with Gasteiger partial charge >= 0.3 is 0 Å². The number of fused-ring (bicyclic) bond motifs is 1. The molecule has 6 nitrogen and oxygen atoms in total. The molecule has 0 aliphatic carbocycles. The molecule has 1 aliphatic heterocycles. The summed E-state index contributed by atoms with van der Waals surface area (Å²) in [4.78, 5) is 14.8. The number of nitrogens with zero attached hydrogens (tertiary/aromatic N) is 4. The molecule has 1 aromatic heterocycles. The van der Waals surface area contributed by atoms with Crippen molar-refractivity contribution in [3.63, 3.8) is 0 Å². The molecule has 3 rings (SSSR count). The lowest BCUT2D eigenvalue weighted by Crippen LogP contribution is -2.35. The highest BCUT2D eigenvalue weighted by molar-refractivity contribution is 5.97. The van der Waals surface area contributed by atoms with Crippen molar-refractivity contribution < 1.29 is 4.79 Å². The summed E-state index contributed by atoms with van der Waals surface area (Å²) in [5.74, 6) is 0.830. The van der Waals surface area contributed by atoms with Gasteiger partial charge in [-0.1, -0.05) is 12.1 Å². The number of aromatic nitrogens is 3. The van der Waals surface area contributed by atoms with Gasteiger partial charge in [0.25, 0.3) is 5.91 Å².